The number of phenols is 1. The van der Waals surface area contributed by atoms with E-state index in [0.29, 0.717) is 24.1 Å². The van der Waals surface area contributed by atoms with Crippen LogP contribution in [0.25, 0.3) is 22.2 Å². The summed E-state index contributed by atoms with van der Waals surface area (Å²) in [6, 6.07) is 14.6. The highest BCUT2D eigenvalue weighted by atomic mass is 79.9. The Morgan fingerprint density at radius 3 is 2.58 bits per heavy atom. The van der Waals surface area contributed by atoms with E-state index in [0.717, 1.165) is 31.6 Å². The summed E-state index contributed by atoms with van der Waals surface area (Å²) in [5.74, 6) is 0.131. The van der Waals surface area contributed by atoms with Gasteiger partial charge in [-0.05, 0) is 29.8 Å². The Morgan fingerprint density at radius 1 is 1.06 bits per heavy atom. The lowest BCUT2D eigenvalue weighted by atomic mass is 10.0. The second-order valence-corrected chi connectivity index (χ2v) is 8.59. The number of aryl methyl sites for hydroxylation is 1. The van der Waals surface area contributed by atoms with E-state index in [9.17, 15) is 14.7 Å². The Morgan fingerprint density at radius 2 is 1.84 bits per heavy atom. The number of halogens is 1. The second-order valence-electron chi connectivity index (χ2n) is 7.67. The standard InChI is InChI=1S/C23H20BrN3O4/c1-25-19-17(22(29)26(2)23(25)30)18(13-5-3-7-15(24)11-13)27-9-10-31-21(20(19)27)14-6-4-8-16(28)12-14/h3-8,11-12,21,28H,9-10H2,1-2H3/t21-/m0/s1. The first kappa shape index (κ1) is 19.8. The lowest BCUT2D eigenvalue weighted by Gasteiger charge is -2.27. The topological polar surface area (TPSA) is 78.4 Å². The van der Waals surface area contributed by atoms with Crippen molar-refractivity contribution in [1.82, 2.24) is 13.7 Å². The number of hydrogen-bond donors (Lipinski definition) is 1. The molecule has 2 aromatic heterocycles. The van der Waals surface area contributed by atoms with Crippen molar-refractivity contribution in [3.8, 4) is 17.0 Å². The number of nitrogens with zero attached hydrogens (tertiary/aromatic N) is 3. The molecule has 2 aromatic carbocycles. The molecule has 1 aliphatic heterocycles. The van der Waals surface area contributed by atoms with Gasteiger partial charge in [0.2, 0.25) is 0 Å². The Labute approximate surface area is 185 Å². The molecule has 7 nitrogen and oxygen atoms in total. The molecule has 0 spiro atoms. The second kappa shape index (κ2) is 7.25. The van der Waals surface area contributed by atoms with Crippen molar-refractivity contribution in [3.05, 3.63) is 85.1 Å². The van der Waals surface area contributed by atoms with Crippen molar-refractivity contribution in [1.29, 1.82) is 0 Å². The van der Waals surface area contributed by atoms with E-state index >= 15 is 0 Å². The summed E-state index contributed by atoms with van der Waals surface area (Å²) in [5, 5.41) is 10.5. The van der Waals surface area contributed by atoms with Crippen molar-refractivity contribution < 1.29 is 9.84 Å². The fourth-order valence-electron chi connectivity index (χ4n) is 4.46. The lowest BCUT2D eigenvalue weighted by Crippen LogP contribution is -2.37. The molecule has 1 atom stereocenters. The zero-order valence-electron chi connectivity index (χ0n) is 17.0. The van der Waals surface area contributed by atoms with Crippen molar-refractivity contribution in [2.45, 2.75) is 12.6 Å². The molecule has 0 bridgehead atoms. The summed E-state index contributed by atoms with van der Waals surface area (Å²) >= 11 is 3.52. The van der Waals surface area contributed by atoms with Crippen LogP contribution in [-0.4, -0.2) is 25.4 Å². The zero-order chi connectivity index (χ0) is 21.9. The average molecular weight is 482 g/mol. The van der Waals surface area contributed by atoms with E-state index in [1.54, 1.807) is 25.2 Å². The molecule has 1 N–H and O–H groups in total. The molecule has 0 aliphatic carbocycles. The first-order valence-electron chi connectivity index (χ1n) is 9.87. The molecule has 0 saturated heterocycles. The summed E-state index contributed by atoms with van der Waals surface area (Å²) in [7, 11) is 3.17. The SMILES string of the molecule is Cn1c(=O)c2c(-c3cccc(Br)c3)n3c(c2n(C)c1=O)[C@H](c1cccc(O)c1)OCC3. The Hall–Kier alpha value is -3.10. The largest absolute Gasteiger partial charge is 0.508 e. The molecule has 3 heterocycles. The number of aromatic nitrogens is 3. The molecular weight excluding hydrogens is 462 g/mol. The number of phenolic OH excluding ortho intramolecular Hbond substituents is 1. The minimum absolute atomic E-state index is 0.131. The number of aromatic hydroxyl groups is 1. The van der Waals surface area contributed by atoms with Crippen LogP contribution in [0.3, 0.4) is 0 Å². The van der Waals surface area contributed by atoms with Gasteiger partial charge in [0, 0.05) is 30.7 Å². The molecule has 158 valence electrons. The highest BCUT2D eigenvalue weighted by Gasteiger charge is 2.33. The predicted octanol–water partition coefficient (Wildman–Crippen LogP) is 3.29. The molecule has 0 amide bonds. The molecule has 5 rings (SSSR count). The number of benzene rings is 2. The molecule has 0 saturated carbocycles. The van der Waals surface area contributed by atoms with E-state index in [4.69, 9.17) is 4.74 Å². The van der Waals surface area contributed by atoms with E-state index in [1.165, 1.54) is 11.6 Å². The Bertz CT molecular complexity index is 1460. The van der Waals surface area contributed by atoms with Crippen molar-refractivity contribution >= 4 is 26.8 Å². The minimum Gasteiger partial charge on any atom is -0.508 e. The van der Waals surface area contributed by atoms with Gasteiger partial charge in [0.1, 0.15) is 11.9 Å². The van der Waals surface area contributed by atoms with Crippen LogP contribution >= 0.6 is 15.9 Å². The summed E-state index contributed by atoms with van der Waals surface area (Å²) < 4.78 is 11.7. The third kappa shape index (κ3) is 2.97. The lowest BCUT2D eigenvalue weighted by molar-refractivity contribution is 0.0477. The van der Waals surface area contributed by atoms with Crippen LogP contribution in [0.1, 0.15) is 17.4 Å². The predicted molar refractivity (Wildman–Crippen MR) is 121 cm³/mol. The molecule has 31 heavy (non-hydrogen) atoms. The minimum atomic E-state index is -0.526. The number of hydrogen-bond acceptors (Lipinski definition) is 4. The molecule has 4 aromatic rings. The van der Waals surface area contributed by atoms with E-state index in [-0.39, 0.29) is 11.3 Å². The quantitative estimate of drug-likeness (QED) is 0.476. The third-order valence-corrected chi connectivity index (χ3v) is 6.32. The first-order chi connectivity index (χ1) is 14.9. The van der Waals surface area contributed by atoms with E-state index in [1.807, 2.05) is 30.3 Å². The molecule has 8 heteroatoms. The van der Waals surface area contributed by atoms with Gasteiger partial charge in [0.25, 0.3) is 5.56 Å². The summed E-state index contributed by atoms with van der Waals surface area (Å²) in [6.45, 7) is 0.974. The van der Waals surface area contributed by atoms with Gasteiger partial charge in [-0.25, -0.2) is 4.79 Å². The fourth-order valence-corrected chi connectivity index (χ4v) is 4.86. The van der Waals surface area contributed by atoms with Crippen molar-refractivity contribution in [3.63, 3.8) is 0 Å². The highest BCUT2D eigenvalue weighted by molar-refractivity contribution is 9.10. The number of ether oxygens (including phenoxy) is 1. The molecular formula is C23H20BrN3O4. The maximum Gasteiger partial charge on any atom is 0.331 e. The molecule has 1 aliphatic rings. The first-order valence-corrected chi connectivity index (χ1v) is 10.7. The van der Waals surface area contributed by atoms with Crippen LogP contribution < -0.4 is 11.2 Å². The van der Waals surface area contributed by atoms with Crippen LogP contribution in [0.15, 0.2) is 62.6 Å². The Kier molecular flexibility index (Phi) is 4.64. The maximum atomic E-state index is 13.3. The average Bonchev–Trinajstić information content (AvgIpc) is 3.11. The van der Waals surface area contributed by atoms with Gasteiger partial charge in [-0.3, -0.25) is 13.9 Å². The summed E-state index contributed by atoms with van der Waals surface area (Å²) in [6.07, 6.45) is -0.526. The number of fused-ring (bicyclic) bond motifs is 3. The van der Waals surface area contributed by atoms with Crippen LogP contribution in [0.2, 0.25) is 0 Å². The monoisotopic (exact) mass is 481 g/mol. The van der Waals surface area contributed by atoms with Gasteiger partial charge in [0.15, 0.2) is 0 Å². The van der Waals surface area contributed by atoms with E-state index in [2.05, 4.69) is 20.5 Å². The van der Waals surface area contributed by atoms with E-state index < -0.39 is 11.8 Å². The smallest absolute Gasteiger partial charge is 0.331 e. The Balaban J connectivity index is 1.96. The summed E-state index contributed by atoms with van der Waals surface area (Å²) in [5.41, 5.74) is 2.94. The molecule has 0 fully saturated rings. The van der Waals surface area contributed by atoms with Gasteiger partial charge >= 0.3 is 5.69 Å². The van der Waals surface area contributed by atoms with Gasteiger partial charge in [0.05, 0.1) is 28.9 Å². The normalized spacial score (nSPS) is 15.9. The maximum absolute atomic E-state index is 13.3. The van der Waals surface area contributed by atoms with Crippen LogP contribution in [0, 0.1) is 0 Å². The highest BCUT2D eigenvalue weighted by Crippen LogP contribution is 2.41. The molecule has 0 radical (unpaired) electrons. The van der Waals surface area contributed by atoms with Crippen LogP contribution in [-0.2, 0) is 25.4 Å². The fraction of sp³-hybridized carbons (Fsp3) is 0.217. The van der Waals surface area contributed by atoms with Gasteiger partial charge in [-0.15, -0.1) is 0 Å². The molecule has 0 unspecified atom stereocenters. The van der Waals surface area contributed by atoms with Gasteiger partial charge in [-0.2, -0.15) is 0 Å². The van der Waals surface area contributed by atoms with Crippen LogP contribution in [0.4, 0.5) is 0 Å². The third-order valence-electron chi connectivity index (χ3n) is 5.82. The van der Waals surface area contributed by atoms with Crippen molar-refractivity contribution in [2.24, 2.45) is 14.1 Å². The van der Waals surface area contributed by atoms with Crippen molar-refractivity contribution in [2.75, 3.05) is 6.61 Å². The zero-order valence-corrected chi connectivity index (χ0v) is 18.6. The van der Waals surface area contributed by atoms with Gasteiger partial charge in [-0.1, -0.05) is 40.2 Å². The summed E-state index contributed by atoms with van der Waals surface area (Å²) in [4.78, 5) is 26.2. The number of rotatable bonds is 2. The van der Waals surface area contributed by atoms with Gasteiger partial charge < -0.3 is 14.4 Å². The van der Waals surface area contributed by atoms with Crippen LogP contribution in [0.5, 0.6) is 5.75 Å².